The van der Waals surface area contributed by atoms with Gasteiger partial charge in [-0.3, -0.25) is 14.6 Å². The van der Waals surface area contributed by atoms with Crippen LogP contribution in [-0.4, -0.2) is 51.9 Å². The zero-order valence-corrected chi connectivity index (χ0v) is 21.3. The van der Waals surface area contributed by atoms with E-state index in [9.17, 15) is 9.59 Å². The van der Waals surface area contributed by atoms with E-state index in [1.165, 1.54) is 67.6 Å². The van der Waals surface area contributed by atoms with E-state index in [0.29, 0.717) is 29.8 Å². The minimum atomic E-state index is -0.295. The molecule has 188 valence electrons. The maximum Gasteiger partial charge on any atom is 0.274 e. The molecule has 2 aliphatic rings. The Morgan fingerprint density at radius 3 is 2.75 bits per heavy atom. The number of anilines is 1. The molecule has 2 aromatic heterocycles. The number of hydrogen-bond acceptors (Lipinski definition) is 7. The van der Waals surface area contributed by atoms with Gasteiger partial charge in [0.2, 0.25) is 5.91 Å². The van der Waals surface area contributed by atoms with Crippen LogP contribution in [0, 0.1) is 5.92 Å². The van der Waals surface area contributed by atoms with Crippen LogP contribution in [0.3, 0.4) is 0 Å². The number of hydrogen-bond donors (Lipinski definition) is 1. The Morgan fingerprint density at radius 2 is 1.97 bits per heavy atom. The Labute approximate surface area is 215 Å². The van der Waals surface area contributed by atoms with Crippen molar-refractivity contribution in [3.05, 3.63) is 53.4 Å². The number of likely N-dealkylation sites (tertiary alicyclic amines) is 1. The smallest absolute Gasteiger partial charge is 0.274 e. The molecule has 1 atom stereocenters. The normalized spacial score (nSPS) is 18.6. The molecule has 36 heavy (non-hydrogen) atoms. The van der Waals surface area contributed by atoms with Gasteiger partial charge in [0, 0.05) is 36.4 Å². The third-order valence-electron chi connectivity index (χ3n) is 7.17. The molecule has 9 heteroatoms. The molecular weight excluding hydrogens is 474 g/mol. The molecule has 2 fully saturated rings. The van der Waals surface area contributed by atoms with Crippen molar-refractivity contribution in [3.63, 3.8) is 0 Å². The second-order valence-electron chi connectivity index (χ2n) is 9.50. The summed E-state index contributed by atoms with van der Waals surface area (Å²) < 4.78 is 5.63. The van der Waals surface area contributed by atoms with Gasteiger partial charge in [0.1, 0.15) is 11.4 Å². The lowest BCUT2D eigenvalue weighted by Gasteiger charge is -2.31. The predicted octanol–water partition coefficient (Wildman–Crippen LogP) is 5.15. The summed E-state index contributed by atoms with van der Waals surface area (Å²) in [6, 6.07) is 6.40. The quantitative estimate of drug-likeness (QED) is 0.498. The topological polar surface area (TPSA) is 97.3 Å². The van der Waals surface area contributed by atoms with E-state index >= 15 is 0 Å². The number of nitrogens with zero attached hydrogens (tertiary/aromatic N) is 4. The third-order valence-corrected chi connectivity index (χ3v) is 7.93. The number of benzene rings is 1. The second kappa shape index (κ2) is 11.2. The van der Waals surface area contributed by atoms with Gasteiger partial charge in [-0.1, -0.05) is 25.3 Å². The zero-order chi connectivity index (χ0) is 24.9. The van der Waals surface area contributed by atoms with Crippen LogP contribution in [0.1, 0.15) is 66.9 Å². The first-order valence-electron chi connectivity index (χ1n) is 12.6. The van der Waals surface area contributed by atoms with Gasteiger partial charge in [-0.2, -0.15) is 0 Å². The van der Waals surface area contributed by atoms with E-state index in [0.717, 1.165) is 29.8 Å². The van der Waals surface area contributed by atoms with Crippen molar-refractivity contribution in [3.8, 4) is 17.0 Å². The van der Waals surface area contributed by atoms with Crippen LogP contribution in [0.5, 0.6) is 5.75 Å². The molecule has 8 nitrogen and oxygen atoms in total. The highest BCUT2D eigenvalue weighted by Gasteiger charge is 2.30. The summed E-state index contributed by atoms with van der Waals surface area (Å²) >= 11 is 1.40. The molecular formula is C27H31N5O3S. The van der Waals surface area contributed by atoms with Crippen LogP contribution in [0.2, 0.25) is 0 Å². The lowest BCUT2D eigenvalue weighted by molar-refractivity contribution is -0.121. The van der Waals surface area contributed by atoms with Crippen LogP contribution in [-0.2, 0) is 4.79 Å². The van der Waals surface area contributed by atoms with Crippen molar-refractivity contribution in [2.75, 3.05) is 25.5 Å². The molecule has 5 rings (SSSR count). The van der Waals surface area contributed by atoms with E-state index in [-0.39, 0.29) is 17.7 Å². The third kappa shape index (κ3) is 5.41. The van der Waals surface area contributed by atoms with Gasteiger partial charge in [0.05, 0.1) is 24.9 Å². The number of amides is 2. The summed E-state index contributed by atoms with van der Waals surface area (Å²) in [6.45, 7) is 0.967. The molecule has 3 heterocycles. The van der Waals surface area contributed by atoms with Gasteiger partial charge < -0.3 is 15.0 Å². The number of carbonyl (C=O) groups excluding carboxylic acids is 2. The molecule has 1 N–H and O–H groups in total. The van der Waals surface area contributed by atoms with Crippen LogP contribution < -0.4 is 10.1 Å². The number of ether oxygens (including phenoxy) is 1. The average Bonchev–Trinajstić information content (AvgIpc) is 3.41. The van der Waals surface area contributed by atoms with E-state index in [1.54, 1.807) is 12.0 Å². The number of piperidine rings is 1. The van der Waals surface area contributed by atoms with Crippen LogP contribution in [0.25, 0.3) is 11.3 Å². The fourth-order valence-electron chi connectivity index (χ4n) is 5.23. The van der Waals surface area contributed by atoms with Crippen molar-refractivity contribution in [2.45, 2.75) is 50.9 Å². The van der Waals surface area contributed by atoms with E-state index in [4.69, 9.17) is 9.72 Å². The molecule has 1 saturated carbocycles. The fraction of sp³-hybridized carbons (Fsp3) is 0.444. The number of rotatable bonds is 6. The molecule has 1 aliphatic carbocycles. The largest absolute Gasteiger partial charge is 0.496 e. The summed E-state index contributed by atoms with van der Waals surface area (Å²) in [5.74, 6) is 0.761. The monoisotopic (exact) mass is 505 g/mol. The summed E-state index contributed by atoms with van der Waals surface area (Å²) in [5.41, 5.74) is 3.38. The highest BCUT2D eigenvalue weighted by molar-refractivity contribution is 7.14. The van der Waals surface area contributed by atoms with Gasteiger partial charge in [0.25, 0.3) is 5.91 Å². The SMILES string of the molecule is COc1ccc(C2CCCCC2)cc1-c1csc(NC(=O)C2CCCN(C(=O)c3cnccn3)C2)n1. The Kier molecular flexibility index (Phi) is 7.55. The first kappa shape index (κ1) is 24.4. The maximum atomic E-state index is 13.1. The van der Waals surface area contributed by atoms with Gasteiger partial charge >= 0.3 is 0 Å². The minimum absolute atomic E-state index is 0.115. The summed E-state index contributed by atoms with van der Waals surface area (Å²) in [4.78, 5) is 40.3. The molecule has 1 aromatic carbocycles. The molecule has 3 aromatic rings. The number of carbonyl (C=O) groups is 2. The minimum Gasteiger partial charge on any atom is -0.496 e. The Bertz CT molecular complexity index is 1210. The van der Waals surface area contributed by atoms with Crippen molar-refractivity contribution < 1.29 is 14.3 Å². The number of thiazole rings is 1. The van der Waals surface area contributed by atoms with Gasteiger partial charge in [-0.05, 0) is 49.3 Å². The molecule has 0 radical (unpaired) electrons. The Hall–Kier alpha value is -3.33. The molecule has 1 aliphatic heterocycles. The van der Waals surface area contributed by atoms with Gasteiger partial charge in [-0.15, -0.1) is 11.3 Å². The molecule has 2 amide bonds. The first-order chi connectivity index (χ1) is 17.6. The van der Waals surface area contributed by atoms with Crippen molar-refractivity contribution in [2.24, 2.45) is 5.92 Å². The zero-order valence-electron chi connectivity index (χ0n) is 20.5. The fourth-order valence-corrected chi connectivity index (χ4v) is 5.94. The molecule has 0 spiro atoms. The molecule has 1 saturated heterocycles. The molecule has 1 unspecified atom stereocenters. The summed E-state index contributed by atoms with van der Waals surface area (Å²) in [6.07, 6.45) is 12.3. The van der Waals surface area contributed by atoms with E-state index in [1.807, 2.05) is 11.4 Å². The first-order valence-corrected chi connectivity index (χ1v) is 13.5. The average molecular weight is 506 g/mol. The van der Waals surface area contributed by atoms with E-state index < -0.39 is 0 Å². The summed E-state index contributed by atoms with van der Waals surface area (Å²) in [5, 5.41) is 5.49. The van der Waals surface area contributed by atoms with E-state index in [2.05, 4.69) is 27.4 Å². The van der Waals surface area contributed by atoms with Crippen LogP contribution in [0.15, 0.2) is 42.2 Å². The lowest BCUT2D eigenvalue weighted by Crippen LogP contribution is -2.44. The Balaban J connectivity index is 1.27. The number of aromatic nitrogens is 3. The number of methoxy groups -OCH3 is 1. The highest BCUT2D eigenvalue weighted by atomic mass is 32.1. The second-order valence-corrected chi connectivity index (χ2v) is 10.4. The molecule has 0 bridgehead atoms. The highest BCUT2D eigenvalue weighted by Crippen LogP contribution is 2.38. The van der Waals surface area contributed by atoms with Gasteiger partial charge in [0.15, 0.2) is 5.13 Å². The van der Waals surface area contributed by atoms with Crippen LogP contribution in [0.4, 0.5) is 5.13 Å². The maximum absolute atomic E-state index is 13.1. The van der Waals surface area contributed by atoms with Crippen molar-refractivity contribution in [1.82, 2.24) is 19.9 Å². The lowest BCUT2D eigenvalue weighted by atomic mass is 9.83. The van der Waals surface area contributed by atoms with Crippen molar-refractivity contribution >= 4 is 28.3 Å². The van der Waals surface area contributed by atoms with Crippen LogP contribution >= 0.6 is 11.3 Å². The van der Waals surface area contributed by atoms with Gasteiger partial charge in [-0.25, -0.2) is 9.97 Å². The summed E-state index contributed by atoms with van der Waals surface area (Å²) in [7, 11) is 1.67. The standard InChI is InChI=1S/C27H31N5O3S/c1-35-24-10-9-19(18-6-3-2-4-7-18)14-21(24)23-17-36-27(30-23)31-25(33)20-8-5-13-32(16-20)26(34)22-15-28-11-12-29-22/h9-12,14-15,17-18,20H,2-8,13,16H2,1H3,(H,30,31,33). The number of nitrogens with one attached hydrogen (secondary N) is 1. The van der Waals surface area contributed by atoms with Crippen molar-refractivity contribution in [1.29, 1.82) is 0 Å². The Morgan fingerprint density at radius 1 is 1.11 bits per heavy atom. The predicted molar refractivity (Wildman–Crippen MR) is 139 cm³/mol.